The van der Waals surface area contributed by atoms with Crippen molar-refractivity contribution in [1.29, 1.82) is 0 Å². The van der Waals surface area contributed by atoms with Crippen molar-refractivity contribution in [2.75, 3.05) is 19.3 Å². The van der Waals surface area contributed by atoms with Gasteiger partial charge < -0.3 is 14.4 Å². The maximum Gasteiger partial charge on any atom is 0.223 e. The van der Waals surface area contributed by atoms with Crippen LogP contribution in [0.25, 0.3) is 0 Å². The van der Waals surface area contributed by atoms with Crippen LogP contribution in [0.1, 0.15) is 38.0 Å². The van der Waals surface area contributed by atoms with E-state index in [4.69, 9.17) is 4.42 Å². The number of likely N-dealkylation sites (tertiary alicyclic amines) is 1. The molecule has 2 rings (SSSR count). The molecule has 2 N–H and O–H groups in total. The second kappa shape index (κ2) is 6.93. The fraction of sp³-hybridized carbons (Fsp3) is 0.769. The Morgan fingerprint density at radius 2 is 2.13 bits per heavy atom. The molecule has 2 atom stereocenters. The lowest BCUT2D eigenvalue weighted by Gasteiger charge is -2.15. The van der Waals surface area contributed by atoms with Gasteiger partial charge in [0, 0.05) is 31.8 Å². The highest BCUT2D eigenvalue weighted by Gasteiger charge is 2.35. The van der Waals surface area contributed by atoms with Crippen molar-refractivity contribution in [2.24, 2.45) is 0 Å². The molecule has 130 valence electrons. The summed E-state index contributed by atoms with van der Waals surface area (Å²) < 4.78 is 30.2. The van der Waals surface area contributed by atoms with Gasteiger partial charge in [-0.15, -0.1) is 10.2 Å². The van der Waals surface area contributed by atoms with Crippen molar-refractivity contribution in [3.63, 3.8) is 0 Å². The Morgan fingerprint density at radius 1 is 1.43 bits per heavy atom. The van der Waals surface area contributed by atoms with Crippen LogP contribution in [-0.2, 0) is 21.2 Å². The van der Waals surface area contributed by atoms with Crippen LogP contribution in [0, 0.1) is 0 Å². The van der Waals surface area contributed by atoms with Crippen LogP contribution in [-0.4, -0.2) is 66.0 Å². The molecule has 0 aliphatic carbocycles. The number of hydrogen-bond acceptors (Lipinski definition) is 7. The van der Waals surface area contributed by atoms with E-state index in [1.54, 1.807) is 0 Å². The average Bonchev–Trinajstić information content (AvgIpc) is 3.02. The van der Waals surface area contributed by atoms with Crippen LogP contribution in [0.4, 0.5) is 0 Å². The molecular formula is C13H22N4O5S. The first-order valence-corrected chi connectivity index (χ1v) is 9.30. The number of aromatic nitrogens is 2. The average molecular weight is 346 g/mol. The summed E-state index contributed by atoms with van der Waals surface area (Å²) in [4.78, 5) is 13.6. The number of carbonyl (C=O) groups excluding carboxylic acids is 1. The summed E-state index contributed by atoms with van der Waals surface area (Å²) in [6.07, 6.45) is 0.587. The van der Waals surface area contributed by atoms with Crippen LogP contribution in [0.3, 0.4) is 0 Å². The van der Waals surface area contributed by atoms with Gasteiger partial charge >= 0.3 is 0 Å². The van der Waals surface area contributed by atoms with Crippen molar-refractivity contribution in [3.05, 3.63) is 11.8 Å². The number of amides is 1. The molecule has 9 nitrogen and oxygen atoms in total. The van der Waals surface area contributed by atoms with E-state index >= 15 is 0 Å². The Bertz CT molecular complexity index is 657. The van der Waals surface area contributed by atoms with Gasteiger partial charge in [0.1, 0.15) is 0 Å². The number of aliphatic hydroxyl groups excluding tert-OH is 1. The summed E-state index contributed by atoms with van der Waals surface area (Å²) in [6, 6.07) is -0.676. The van der Waals surface area contributed by atoms with Gasteiger partial charge in [-0.2, -0.15) is 0 Å². The predicted molar refractivity (Wildman–Crippen MR) is 81.1 cm³/mol. The van der Waals surface area contributed by atoms with E-state index in [2.05, 4.69) is 14.9 Å². The van der Waals surface area contributed by atoms with Crippen LogP contribution in [0.15, 0.2) is 4.42 Å². The second-order valence-corrected chi connectivity index (χ2v) is 7.83. The van der Waals surface area contributed by atoms with E-state index in [0.717, 1.165) is 6.26 Å². The molecule has 0 bridgehead atoms. The number of sulfonamides is 1. The molecule has 1 aromatic rings. The van der Waals surface area contributed by atoms with E-state index in [1.165, 1.54) is 4.90 Å². The minimum atomic E-state index is -3.43. The molecule has 10 heteroatoms. The number of carbonyl (C=O) groups is 1. The molecule has 0 saturated carbocycles. The molecular weight excluding hydrogens is 324 g/mol. The normalized spacial score (nSPS) is 22.0. The fourth-order valence-electron chi connectivity index (χ4n) is 2.35. The highest BCUT2D eigenvalue weighted by atomic mass is 32.2. The Labute approximate surface area is 135 Å². The third-order valence-electron chi connectivity index (χ3n) is 3.54. The highest BCUT2D eigenvalue weighted by molar-refractivity contribution is 7.88. The lowest BCUT2D eigenvalue weighted by molar-refractivity contribution is -0.130. The SMILES string of the molecule is CC(C)c1nnc(CCC(=O)N2C[C@@H](O)[C@H](NS(C)(=O)=O)C2)o1. The van der Waals surface area contributed by atoms with Gasteiger partial charge in [0.15, 0.2) is 0 Å². The summed E-state index contributed by atoms with van der Waals surface area (Å²) in [5.74, 6) is 0.865. The predicted octanol–water partition coefficient (Wildman–Crippen LogP) is -0.753. The van der Waals surface area contributed by atoms with Gasteiger partial charge in [0.05, 0.1) is 18.4 Å². The fourth-order valence-corrected chi connectivity index (χ4v) is 3.14. The summed E-state index contributed by atoms with van der Waals surface area (Å²) in [6.45, 7) is 4.12. The Hall–Kier alpha value is -1.52. The first-order valence-electron chi connectivity index (χ1n) is 7.41. The zero-order valence-electron chi connectivity index (χ0n) is 13.4. The molecule has 23 heavy (non-hydrogen) atoms. The molecule has 1 aliphatic heterocycles. The lowest BCUT2D eigenvalue weighted by Crippen LogP contribution is -2.42. The molecule has 1 aromatic heterocycles. The molecule has 1 amide bonds. The molecule has 0 unspecified atom stereocenters. The number of nitrogens with zero attached hydrogens (tertiary/aromatic N) is 3. The van der Waals surface area contributed by atoms with Gasteiger partial charge in [0.2, 0.25) is 27.7 Å². The van der Waals surface area contributed by atoms with Gasteiger partial charge in [0.25, 0.3) is 0 Å². The van der Waals surface area contributed by atoms with Gasteiger partial charge in [-0.25, -0.2) is 13.1 Å². The Morgan fingerprint density at radius 3 is 2.70 bits per heavy atom. The van der Waals surface area contributed by atoms with Crippen molar-refractivity contribution >= 4 is 15.9 Å². The summed E-state index contributed by atoms with van der Waals surface area (Å²) in [5.41, 5.74) is 0. The quantitative estimate of drug-likeness (QED) is 0.694. The first-order chi connectivity index (χ1) is 10.7. The van der Waals surface area contributed by atoms with Gasteiger partial charge in [-0.3, -0.25) is 4.79 Å². The number of β-amino-alcohol motifs (C(OH)–C–C–N with tert-alkyl or cyclic N) is 1. The van der Waals surface area contributed by atoms with E-state index in [9.17, 15) is 18.3 Å². The number of rotatable bonds is 6. The molecule has 1 fully saturated rings. The first kappa shape index (κ1) is 17.8. The van der Waals surface area contributed by atoms with Crippen molar-refractivity contribution in [3.8, 4) is 0 Å². The molecule has 1 saturated heterocycles. The van der Waals surface area contributed by atoms with Crippen LogP contribution < -0.4 is 4.72 Å². The van der Waals surface area contributed by atoms with Crippen molar-refractivity contribution in [2.45, 2.75) is 44.8 Å². The van der Waals surface area contributed by atoms with E-state index in [1.807, 2.05) is 13.8 Å². The molecule has 0 aromatic carbocycles. The maximum absolute atomic E-state index is 12.2. The van der Waals surface area contributed by atoms with E-state index in [-0.39, 0.29) is 31.3 Å². The molecule has 0 radical (unpaired) electrons. The van der Waals surface area contributed by atoms with Crippen molar-refractivity contribution in [1.82, 2.24) is 19.8 Å². The van der Waals surface area contributed by atoms with E-state index < -0.39 is 22.2 Å². The smallest absolute Gasteiger partial charge is 0.223 e. The topological polar surface area (TPSA) is 126 Å². The zero-order chi connectivity index (χ0) is 17.2. The monoisotopic (exact) mass is 346 g/mol. The van der Waals surface area contributed by atoms with Crippen LogP contribution in [0.5, 0.6) is 0 Å². The maximum atomic E-state index is 12.2. The van der Waals surface area contributed by atoms with Gasteiger partial charge in [-0.05, 0) is 0 Å². The largest absolute Gasteiger partial charge is 0.425 e. The second-order valence-electron chi connectivity index (χ2n) is 6.05. The van der Waals surface area contributed by atoms with Crippen LogP contribution >= 0.6 is 0 Å². The Balaban J connectivity index is 1.86. The highest BCUT2D eigenvalue weighted by Crippen LogP contribution is 2.15. The van der Waals surface area contributed by atoms with Gasteiger partial charge in [-0.1, -0.05) is 13.8 Å². The van der Waals surface area contributed by atoms with Crippen molar-refractivity contribution < 1.29 is 22.7 Å². The standard InChI is InChI=1S/C13H22N4O5S/c1-8(2)13-15-14-11(22-13)4-5-12(19)17-6-9(10(18)7-17)16-23(3,20)21/h8-10,16,18H,4-7H2,1-3H3/t9-,10-/m1/s1. The molecule has 0 spiro atoms. The third-order valence-corrected chi connectivity index (χ3v) is 4.27. The minimum absolute atomic E-state index is 0.104. The lowest BCUT2D eigenvalue weighted by atomic mass is 10.2. The summed E-state index contributed by atoms with van der Waals surface area (Å²) >= 11 is 0. The molecule has 1 aliphatic rings. The molecule has 2 heterocycles. The number of aliphatic hydroxyl groups is 1. The number of nitrogens with one attached hydrogen (secondary N) is 1. The van der Waals surface area contributed by atoms with E-state index in [0.29, 0.717) is 18.2 Å². The number of hydrogen-bond donors (Lipinski definition) is 2. The third kappa shape index (κ3) is 4.98. The minimum Gasteiger partial charge on any atom is -0.425 e. The Kier molecular flexibility index (Phi) is 5.37. The zero-order valence-corrected chi connectivity index (χ0v) is 14.2. The van der Waals surface area contributed by atoms with Crippen LogP contribution in [0.2, 0.25) is 0 Å². The summed E-state index contributed by atoms with van der Waals surface area (Å²) in [7, 11) is -3.43. The summed E-state index contributed by atoms with van der Waals surface area (Å²) in [5, 5.41) is 17.6. The number of aryl methyl sites for hydroxylation is 1.